The van der Waals surface area contributed by atoms with Crippen LogP contribution in [0.2, 0.25) is 0 Å². The van der Waals surface area contributed by atoms with Crippen molar-refractivity contribution in [2.75, 3.05) is 18.8 Å². The first-order valence-electron chi connectivity index (χ1n) is 8.50. The van der Waals surface area contributed by atoms with Crippen LogP contribution in [0.5, 0.6) is 0 Å². The summed E-state index contributed by atoms with van der Waals surface area (Å²) in [6, 6.07) is 8.10. The number of para-hydroxylation sites is 1. The minimum atomic E-state index is 0.106. The molecule has 128 valence electrons. The molecule has 2 aromatic rings. The molecule has 1 saturated heterocycles. The third-order valence-corrected chi connectivity index (χ3v) is 6.55. The Kier molecular flexibility index (Phi) is 5.30. The van der Waals surface area contributed by atoms with Crippen LogP contribution in [0.25, 0.3) is 10.9 Å². The third kappa shape index (κ3) is 3.38. The number of benzene rings is 1. The van der Waals surface area contributed by atoms with E-state index in [1.54, 1.807) is 0 Å². The normalized spacial score (nSPS) is 15.9. The highest BCUT2D eigenvalue weighted by atomic mass is 32.2. The topological polar surface area (TPSA) is 25.2 Å². The molecule has 0 N–H and O–H groups in total. The first-order chi connectivity index (χ1) is 11.5. The van der Waals surface area contributed by atoms with Gasteiger partial charge >= 0.3 is 0 Å². The van der Waals surface area contributed by atoms with Gasteiger partial charge in [0.2, 0.25) is 5.91 Å². The van der Waals surface area contributed by atoms with E-state index in [-0.39, 0.29) is 5.91 Å². The lowest BCUT2D eigenvalue weighted by molar-refractivity contribution is 0.0945. The highest BCUT2D eigenvalue weighted by Crippen LogP contribution is 2.26. The fraction of sp³-hybridized carbons (Fsp3) is 0.474. The predicted octanol–water partition coefficient (Wildman–Crippen LogP) is 4.65. The van der Waals surface area contributed by atoms with E-state index in [2.05, 4.69) is 24.8 Å². The van der Waals surface area contributed by atoms with Crippen LogP contribution in [0.1, 0.15) is 35.8 Å². The fourth-order valence-corrected chi connectivity index (χ4v) is 4.42. The Hall–Kier alpha value is -1.33. The lowest BCUT2D eigenvalue weighted by Gasteiger charge is -2.31. The number of carbonyl (C=O) groups is 1. The van der Waals surface area contributed by atoms with Gasteiger partial charge in [0.25, 0.3) is 0 Å². The summed E-state index contributed by atoms with van der Waals surface area (Å²) in [4.78, 5) is 15.0. The number of rotatable bonds is 2. The smallest absolute Gasteiger partial charge is 0.241 e. The summed E-state index contributed by atoms with van der Waals surface area (Å²) in [5.41, 5.74) is 3.20. The fourth-order valence-electron chi connectivity index (χ4n) is 3.32. The standard InChI is InChI=1S/C19H24N2OS2/c1-13-8-10-20(11-9-13)19(23)24-12-18(22)21-15(3)14(2)16-6-4-5-7-17(16)21/h4-7,13H,8-12H2,1-3H3. The summed E-state index contributed by atoms with van der Waals surface area (Å²) in [6.45, 7) is 8.42. The van der Waals surface area contributed by atoms with Crippen LogP contribution in [0, 0.1) is 19.8 Å². The lowest BCUT2D eigenvalue weighted by atomic mass is 10.00. The Morgan fingerprint density at radius 3 is 2.62 bits per heavy atom. The van der Waals surface area contributed by atoms with Crippen molar-refractivity contribution in [1.29, 1.82) is 0 Å². The number of fused-ring (bicyclic) bond motifs is 1. The van der Waals surface area contributed by atoms with Gasteiger partial charge in [0, 0.05) is 24.2 Å². The number of piperidine rings is 1. The van der Waals surface area contributed by atoms with Crippen LogP contribution in [-0.4, -0.2) is 38.5 Å². The van der Waals surface area contributed by atoms with Crippen molar-refractivity contribution in [3.8, 4) is 0 Å². The molecule has 0 saturated carbocycles. The highest BCUT2D eigenvalue weighted by molar-refractivity contribution is 8.23. The predicted molar refractivity (Wildman–Crippen MR) is 107 cm³/mol. The molecule has 0 amide bonds. The maximum atomic E-state index is 12.8. The molecule has 0 bridgehead atoms. The minimum Gasteiger partial charge on any atom is -0.357 e. The number of aryl methyl sites for hydroxylation is 1. The number of thioether (sulfide) groups is 1. The summed E-state index contributed by atoms with van der Waals surface area (Å²) in [6.07, 6.45) is 2.38. The van der Waals surface area contributed by atoms with Gasteiger partial charge in [0.05, 0.1) is 11.3 Å². The van der Waals surface area contributed by atoms with Crippen molar-refractivity contribution in [2.45, 2.75) is 33.6 Å². The SMILES string of the molecule is Cc1c(C)n(C(=O)CSC(=S)N2CCC(C)CC2)c2ccccc12. The highest BCUT2D eigenvalue weighted by Gasteiger charge is 2.20. The first-order valence-corrected chi connectivity index (χ1v) is 9.90. The molecule has 5 heteroatoms. The summed E-state index contributed by atoms with van der Waals surface area (Å²) < 4.78 is 2.71. The largest absolute Gasteiger partial charge is 0.357 e. The van der Waals surface area contributed by atoms with Crippen LogP contribution >= 0.6 is 24.0 Å². The van der Waals surface area contributed by atoms with Crippen molar-refractivity contribution in [2.24, 2.45) is 5.92 Å². The number of hydrogen-bond donors (Lipinski definition) is 0. The van der Waals surface area contributed by atoms with Gasteiger partial charge in [-0.3, -0.25) is 9.36 Å². The maximum absolute atomic E-state index is 12.8. The van der Waals surface area contributed by atoms with Gasteiger partial charge in [-0.05, 0) is 44.2 Å². The molecule has 0 unspecified atom stereocenters. The van der Waals surface area contributed by atoms with Gasteiger partial charge in [-0.25, -0.2) is 0 Å². The second-order valence-electron chi connectivity index (χ2n) is 6.68. The molecule has 1 aromatic heterocycles. The van der Waals surface area contributed by atoms with Gasteiger partial charge in [-0.2, -0.15) is 0 Å². The van der Waals surface area contributed by atoms with E-state index >= 15 is 0 Å². The molecule has 3 rings (SSSR count). The quantitative estimate of drug-likeness (QED) is 0.728. The second-order valence-corrected chi connectivity index (χ2v) is 8.29. The van der Waals surface area contributed by atoms with Gasteiger partial charge in [0.1, 0.15) is 4.32 Å². The zero-order valence-corrected chi connectivity index (χ0v) is 16.2. The molecule has 0 radical (unpaired) electrons. The first kappa shape index (κ1) is 17.5. The Labute approximate surface area is 153 Å². The number of nitrogens with zero attached hydrogens (tertiary/aromatic N) is 2. The molecule has 1 aliphatic rings. The monoisotopic (exact) mass is 360 g/mol. The number of likely N-dealkylation sites (tertiary alicyclic amines) is 1. The van der Waals surface area contributed by atoms with Crippen molar-refractivity contribution in [3.05, 3.63) is 35.5 Å². The molecular formula is C19H24N2OS2. The van der Waals surface area contributed by atoms with Gasteiger partial charge < -0.3 is 4.90 Å². The molecule has 1 aromatic carbocycles. The average Bonchev–Trinajstić information content (AvgIpc) is 2.85. The number of carbonyl (C=O) groups excluding carboxylic acids is 1. The summed E-state index contributed by atoms with van der Waals surface area (Å²) in [7, 11) is 0. The van der Waals surface area contributed by atoms with E-state index in [0.29, 0.717) is 5.75 Å². The zero-order chi connectivity index (χ0) is 17.3. The minimum absolute atomic E-state index is 0.106. The average molecular weight is 361 g/mol. The third-order valence-electron chi connectivity index (χ3n) is 5.04. The van der Waals surface area contributed by atoms with E-state index in [1.165, 1.54) is 30.2 Å². The molecule has 24 heavy (non-hydrogen) atoms. The molecule has 0 spiro atoms. The van der Waals surface area contributed by atoms with Crippen LogP contribution < -0.4 is 0 Å². The molecule has 1 aliphatic heterocycles. The molecule has 0 atom stereocenters. The van der Waals surface area contributed by atoms with Gasteiger partial charge in [-0.1, -0.05) is 49.1 Å². The Morgan fingerprint density at radius 1 is 1.25 bits per heavy atom. The zero-order valence-electron chi connectivity index (χ0n) is 14.5. The van der Waals surface area contributed by atoms with Crippen LogP contribution in [-0.2, 0) is 0 Å². The summed E-state index contributed by atoms with van der Waals surface area (Å²) >= 11 is 7.04. The Balaban J connectivity index is 1.70. The Bertz CT molecular complexity index is 773. The van der Waals surface area contributed by atoms with Crippen LogP contribution in [0.4, 0.5) is 0 Å². The summed E-state index contributed by atoms with van der Waals surface area (Å²) in [5.74, 6) is 1.28. The molecule has 2 heterocycles. The molecule has 1 fully saturated rings. The van der Waals surface area contributed by atoms with E-state index in [4.69, 9.17) is 12.2 Å². The van der Waals surface area contributed by atoms with E-state index < -0.39 is 0 Å². The van der Waals surface area contributed by atoms with Gasteiger partial charge in [-0.15, -0.1) is 0 Å². The van der Waals surface area contributed by atoms with Crippen LogP contribution in [0.3, 0.4) is 0 Å². The molecule has 3 nitrogen and oxygen atoms in total. The number of hydrogen-bond acceptors (Lipinski definition) is 3. The van der Waals surface area contributed by atoms with E-state index in [9.17, 15) is 4.79 Å². The van der Waals surface area contributed by atoms with Gasteiger partial charge in [0.15, 0.2) is 0 Å². The molecule has 0 aliphatic carbocycles. The number of aromatic nitrogens is 1. The molecular weight excluding hydrogens is 336 g/mol. The van der Waals surface area contributed by atoms with Crippen molar-refractivity contribution in [1.82, 2.24) is 9.47 Å². The Morgan fingerprint density at radius 2 is 1.92 bits per heavy atom. The number of thiocarbonyl (C=S) groups is 1. The maximum Gasteiger partial charge on any atom is 0.241 e. The van der Waals surface area contributed by atoms with E-state index in [0.717, 1.165) is 39.9 Å². The van der Waals surface area contributed by atoms with Crippen LogP contribution in [0.15, 0.2) is 24.3 Å². The second kappa shape index (κ2) is 7.28. The summed E-state index contributed by atoms with van der Waals surface area (Å²) in [5, 5.41) is 1.15. The van der Waals surface area contributed by atoms with E-state index in [1.807, 2.05) is 29.7 Å². The van der Waals surface area contributed by atoms with Crippen molar-refractivity contribution < 1.29 is 4.79 Å². The lowest BCUT2D eigenvalue weighted by Crippen LogP contribution is -2.36. The van der Waals surface area contributed by atoms with Crippen molar-refractivity contribution in [3.63, 3.8) is 0 Å². The van der Waals surface area contributed by atoms with Crippen molar-refractivity contribution >= 4 is 45.1 Å².